The normalized spacial score (nSPS) is 10.9. The third kappa shape index (κ3) is 4.70. The molecule has 0 aliphatic carbocycles. The topological polar surface area (TPSA) is 70.3 Å². The molecule has 23 heavy (non-hydrogen) atoms. The summed E-state index contributed by atoms with van der Waals surface area (Å²) >= 11 is 3.37. The van der Waals surface area contributed by atoms with Crippen molar-refractivity contribution in [2.45, 2.75) is 6.92 Å². The van der Waals surface area contributed by atoms with Crippen molar-refractivity contribution in [3.63, 3.8) is 0 Å². The molecule has 5 heteroatoms. The number of carboxylic acids is 1. The molecule has 2 rings (SSSR count). The molecule has 0 saturated carbocycles. The monoisotopic (exact) mass is 371 g/mol. The molecule has 0 amide bonds. The number of carbonyl (C=O) groups is 1. The molecule has 0 heterocycles. The van der Waals surface area contributed by atoms with Crippen molar-refractivity contribution in [3.05, 3.63) is 63.6 Å². The Hall–Kier alpha value is -2.58. The summed E-state index contributed by atoms with van der Waals surface area (Å²) in [5.74, 6) is -0.641. The zero-order valence-corrected chi connectivity index (χ0v) is 14.0. The fraction of sp³-hybridized carbons (Fsp3) is 0.111. The average molecular weight is 372 g/mol. The minimum atomic E-state index is -1.05. The summed E-state index contributed by atoms with van der Waals surface area (Å²) < 4.78 is 6.10. The number of hydrogen-bond donors (Lipinski definition) is 1. The van der Waals surface area contributed by atoms with Crippen LogP contribution in [0.2, 0.25) is 0 Å². The Morgan fingerprint density at radius 1 is 1.35 bits per heavy atom. The third-order valence-electron chi connectivity index (χ3n) is 3.07. The van der Waals surface area contributed by atoms with Crippen LogP contribution in [0.1, 0.15) is 16.7 Å². The molecule has 0 saturated heterocycles. The van der Waals surface area contributed by atoms with E-state index in [2.05, 4.69) is 22.0 Å². The van der Waals surface area contributed by atoms with Crippen LogP contribution in [0.5, 0.6) is 5.75 Å². The van der Waals surface area contributed by atoms with Gasteiger partial charge in [0.2, 0.25) is 0 Å². The first-order chi connectivity index (χ1) is 11.0. The summed E-state index contributed by atoms with van der Waals surface area (Å²) in [4.78, 5) is 10.7. The number of aliphatic carboxylic acids is 1. The van der Waals surface area contributed by atoms with Crippen LogP contribution in [-0.4, -0.2) is 17.7 Å². The number of rotatable bonds is 5. The lowest BCUT2D eigenvalue weighted by Gasteiger charge is -2.09. The van der Waals surface area contributed by atoms with Gasteiger partial charge in [0.05, 0.1) is 11.6 Å². The Bertz CT molecular complexity index is 806. The van der Waals surface area contributed by atoms with Crippen molar-refractivity contribution in [2.24, 2.45) is 0 Å². The van der Waals surface area contributed by atoms with Crippen LogP contribution in [0.15, 0.2) is 46.9 Å². The van der Waals surface area contributed by atoms with Crippen LogP contribution in [0.4, 0.5) is 0 Å². The highest BCUT2D eigenvalue weighted by molar-refractivity contribution is 9.10. The fourth-order valence-corrected chi connectivity index (χ4v) is 2.43. The van der Waals surface area contributed by atoms with E-state index in [9.17, 15) is 10.1 Å². The molecule has 0 aromatic heterocycles. The van der Waals surface area contributed by atoms with E-state index < -0.39 is 12.6 Å². The number of ether oxygens (including phenoxy) is 1. The molecular formula is C18H14BrNO3. The van der Waals surface area contributed by atoms with Crippen LogP contribution < -0.4 is 4.74 Å². The molecule has 116 valence electrons. The van der Waals surface area contributed by atoms with Gasteiger partial charge in [-0.05, 0) is 36.8 Å². The molecule has 4 nitrogen and oxygen atoms in total. The zero-order chi connectivity index (χ0) is 16.8. The molecule has 2 aromatic carbocycles. The van der Waals surface area contributed by atoms with E-state index in [0.29, 0.717) is 16.9 Å². The maximum absolute atomic E-state index is 10.7. The van der Waals surface area contributed by atoms with Gasteiger partial charge in [-0.1, -0.05) is 45.8 Å². The molecule has 0 fully saturated rings. The fourth-order valence-electron chi connectivity index (χ4n) is 2.05. The van der Waals surface area contributed by atoms with Gasteiger partial charge < -0.3 is 9.84 Å². The van der Waals surface area contributed by atoms with Crippen LogP contribution in [-0.2, 0) is 4.79 Å². The Morgan fingerprint density at radius 2 is 2.13 bits per heavy atom. The second-order valence-electron chi connectivity index (χ2n) is 4.90. The van der Waals surface area contributed by atoms with Gasteiger partial charge in [-0.3, -0.25) is 0 Å². The molecular weight excluding hydrogens is 358 g/mol. The minimum Gasteiger partial charge on any atom is -0.481 e. The van der Waals surface area contributed by atoms with Crippen LogP contribution in [0.3, 0.4) is 0 Å². The van der Waals surface area contributed by atoms with E-state index in [4.69, 9.17) is 9.84 Å². The van der Waals surface area contributed by atoms with E-state index in [-0.39, 0.29) is 0 Å². The van der Waals surface area contributed by atoms with Crippen molar-refractivity contribution in [3.8, 4) is 11.8 Å². The van der Waals surface area contributed by atoms with Gasteiger partial charge in [-0.2, -0.15) is 5.26 Å². The summed E-state index contributed by atoms with van der Waals surface area (Å²) in [6, 6.07) is 15.0. The number of benzene rings is 2. The molecule has 0 aliphatic rings. The first-order valence-corrected chi connectivity index (χ1v) is 7.62. The third-order valence-corrected chi connectivity index (χ3v) is 3.57. The molecule has 0 bridgehead atoms. The standard InChI is InChI=1S/C18H14BrNO3/c1-12-3-2-4-13(7-12)15(10-20)8-14-9-16(19)5-6-17(14)23-11-18(21)22/h2-9H,11H2,1H3,(H,21,22). The highest BCUT2D eigenvalue weighted by Gasteiger charge is 2.08. The molecule has 2 aromatic rings. The predicted octanol–water partition coefficient (Wildman–Crippen LogP) is 4.29. The number of carboxylic acid groups (broad SMARTS) is 1. The predicted molar refractivity (Wildman–Crippen MR) is 91.9 cm³/mol. The Morgan fingerprint density at radius 3 is 2.78 bits per heavy atom. The van der Waals surface area contributed by atoms with Gasteiger partial charge in [0.25, 0.3) is 0 Å². The van der Waals surface area contributed by atoms with Crippen molar-refractivity contribution in [1.29, 1.82) is 5.26 Å². The van der Waals surface area contributed by atoms with Crippen molar-refractivity contribution in [2.75, 3.05) is 6.61 Å². The Kier molecular flexibility index (Phi) is 5.56. The van der Waals surface area contributed by atoms with Gasteiger partial charge in [-0.25, -0.2) is 4.79 Å². The summed E-state index contributed by atoms with van der Waals surface area (Å²) in [5.41, 5.74) is 2.97. The molecule has 0 atom stereocenters. The average Bonchev–Trinajstić information content (AvgIpc) is 2.51. The smallest absolute Gasteiger partial charge is 0.341 e. The number of allylic oxidation sites excluding steroid dienone is 1. The maximum atomic E-state index is 10.7. The second-order valence-corrected chi connectivity index (χ2v) is 5.82. The quantitative estimate of drug-likeness (QED) is 0.628. The van der Waals surface area contributed by atoms with Crippen molar-refractivity contribution < 1.29 is 14.6 Å². The van der Waals surface area contributed by atoms with Crippen molar-refractivity contribution >= 4 is 33.5 Å². The van der Waals surface area contributed by atoms with E-state index in [1.54, 1.807) is 24.3 Å². The van der Waals surface area contributed by atoms with Crippen LogP contribution in [0.25, 0.3) is 11.6 Å². The van der Waals surface area contributed by atoms with Gasteiger partial charge in [0.15, 0.2) is 6.61 Å². The van der Waals surface area contributed by atoms with Gasteiger partial charge in [0, 0.05) is 10.0 Å². The first kappa shape index (κ1) is 16.8. The van der Waals surface area contributed by atoms with E-state index in [1.807, 2.05) is 31.2 Å². The zero-order valence-electron chi connectivity index (χ0n) is 12.4. The largest absolute Gasteiger partial charge is 0.481 e. The van der Waals surface area contributed by atoms with E-state index >= 15 is 0 Å². The summed E-state index contributed by atoms with van der Waals surface area (Å²) in [5, 5.41) is 18.2. The van der Waals surface area contributed by atoms with Gasteiger partial charge >= 0.3 is 5.97 Å². The summed E-state index contributed by atoms with van der Waals surface area (Å²) in [6.07, 6.45) is 1.69. The number of nitrogens with zero attached hydrogens (tertiary/aromatic N) is 1. The van der Waals surface area contributed by atoms with Gasteiger partial charge in [0.1, 0.15) is 5.75 Å². The summed E-state index contributed by atoms with van der Waals surface area (Å²) in [7, 11) is 0. The van der Waals surface area contributed by atoms with Crippen LogP contribution in [0, 0.1) is 18.3 Å². The number of nitriles is 1. The SMILES string of the molecule is Cc1cccc(C(C#N)=Cc2cc(Br)ccc2OCC(=O)O)c1. The first-order valence-electron chi connectivity index (χ1n) is 6.82. The van der Waals surface area contributed by atoms with Crippen LogP contribution >= 0.6 is 15.9 Å². The Balaban J connectivity index is 2.44. The van der Waals surface area contributed by atoms with Crippen molar-refractivity contribution in [1.82, 2.24) is 0 Å². The highest BCUT2D eigenvalue weighted by atomic mass is 79.9. The maximum Gasteiger partial charge on any atom is 0.341 e. The number of hydrogen-bond acceptors (Lipinski definition) is 3. The molecule has 0 radical (unpaired) electrons. The number of halogens is 1. The highest BCUT2D eigenvalue weighted by Crippen LogP contribution is 2.28. The second kappa shape index (κ2) is 7.61. The van der Waals surface area contributed by atoms with E-state index in [1.165, 1.54) is 0 Å². The summed E-state index contributed by atoms with van der Waals surface area (Å²) in [6.45, 7) is 1.52. The number of aryl methyl sites for hydroxylation is 1. The lowest BCUT2D eigenvalue weighted by molar-refractivity contribution is -0.139. The molecule has 0 unspecified atom stereocenters. The molecule has 1 N–H and O–H groups in total. The minimum absolute atomic E-state index is 0.413. The Labute approximate surface area is 142 Å². The lowest BCUT2D eigenvalue weighted by atomic mass is 10.0. The lowest BCUT2D eigenvalue weighted by Crippen LogP contribution is -2.10. The van der Waals surface area contributed by atoms with Gasteiger partial charge in [-0.15, -0.1) is 0 Å². The molecule has 0 aliphatic heterocycles. The van der Waals surface area contributed by atoms with E-state index in [0.717, 1.165) is 15.6 Å². The molecule has 0 spiro atoms.